The molecule has 3 saturated heterocycles. The molecule has 3 fully saturated rings. The number of aromatic nitrogens is 6. The zero-order chi connectivity index (χ0) is 59.5. The van der Waals surface area contributed by atoms with E-state index in [1.54, 1.807) is 35.6 Å². The number of carbonyl (C=O) groups excluding carboxylic acids is 2. The molecule has 85 heavy (non-hydrogen) atoms. The van der Waals surface area contributed by atoms with Crippen LogP contribution in [0.2, 0.25) is 0 Å². The number of fused-ring (bicyclic) bond motifs is 3. The molecular formula is C64H76ClN9O11. The highest BCUT2D eigenvalue weighted by molar-refractivity contribution is 5.85. The van der Waals surface area contributed by atoms with Gasteiger partial charge in [0.05, 0.1) is 49.4 Å². The van der Waals surface area contributed by atoms with Gasteiger partial charge in [-0.1, -0.05) is 109 Å². The summed E-state index contributed by atoms with van der Waals surface area (Å²) < 4.78 is 27.5. The van der Waals surface area contributed by atoms with Crippen LogP contribution in [-0.2, 0) is 29.1 Å². The number of aromatic amines is 3. The Balaban J connectivity index is 0.000000153. The fourth-order valence-corrected chi connectivity index (χ4v) is 9.68. The Kier molecular flexibility index (Phi) is 20.4. The highest BCUT2D eigenvalue weighted by atomic mass is 35.5. The van der Waals surface area contributed by atoms with Crippen LogP contribution in [0.5, 0.6) is 17.2 Å². The largest absolute Gasteiger partial charge is 0.506 e. The molecule has 0 bridgehead atoms. The van der Waals surface area contributed by atoms with E-state index in [0.29, 0.717) is 87.2 Å². The number of hydrogen-bond donors (Lipinski definition) is 6. The highest BCUT2D eigenvalue weighted by Gasteiger charge is 2.35. The second kappa shape index (κ2) is 27.8. The Labute approximate surface area is 498 Å². The van der Waals surface area contributed by atoms with Crippen molar-refractivity contribution in [1.82, 2.24) is 43.8 Å². The molecule has 6 aromatic carbocycles. The van der Waals surface area contributed by atoms with E-state index >= 15 is 0 Å². The van der Waals surface area contributed by atoms with Crippen LogP contribution in [0.15, 0.2) is 160 Å². The van der Waals surface area contributed by atoms with Crippen LogP contribution in [0, 0.1) is 17.8 Å². The number of aromatic hydroxyl groups is 1. The van der Waals surface area contributed by atoms with Crippen LogP contribution in [0.4, 0.5) is 9.59 Å². The Bertz CT molecular complexity index is 3830. The predicted octanol–water partition coefficient (Wildman–Crippen LogP) is 8.95. The van der Waals surface area contributed by atoms with Gasteiger partial charge in [-0.15, -0.1) is 12.4 Å². The Morgan fingerprint density at radius 2 is 0.835 bits per heavy atom. The molecule has 0 atom stereocenters. The SMILES string of the molecule is CC(C)(C)OC(=O)N1CC(CO)C1.CC(C)(C)OC(=O)N1CC(COc2cccc3c2[nH]c(=O)n3Cc2ccccc2)C1.Cl.O=c1[nH]c2c(O)cccc2n1Cc1ccccc1.O=c1[nH]c2c(OCC3CNC3)cccc2n1Cc1ccccc1. The Hall–Kier alpha value is -8.72. The molecule has 6 N–H and O–H groups in total. The molecule has 20 nitrogen and oxygen atoms in total. The molecule has 12 rings (SSSR count). The number of para-hydroxylation sites is 3. The molecule has 0 unspecified atom stereocenters. The molecule has 9 aromatic rings. The summed E-state index contributed by atoms with van der Waals surface area (Å²) in [6.07, 6.45) is -0.569. The van der Waals surface area contributed by atoms with Gasteiger partial charge in [0.1, 0.15) is 45.0 Å². The summed E-state index contributed by atoms with van der Waals surface area (Å²) in [4.78, 5) is 72.0. The van der Waals surface area contributed by atoms with Crippen molar-refractivity contribution < 1.29 is 38.7 Å². The average Bonchev–Trinajstić information content (AvgIpc) is 3.17. The third-order valence-corrected chi connectivity index (χ3v) is 14.2. The second-order valence-electron chi connectivity index (χ2n) is 23.3. The molecule has 3 aromatic heterocycles. The van der Waals surface area contributed by atoms with Gasteiger partial charge in [0.25, 0.3) is 0 Å². The maximum absolute atomic E-state index is 12.5. The van der Waals surface area contributed by atoms with Gasteiger partial charge in [-0.25, -0.2) is 24.0 Å². The van der Waals surface area contributed by atoms with Crippen molar-refractivity contribution in [2.75, 3.05) is 59.1 Å². The van der Waals surface area contributed by atoms with Gasteiger partial charge in [0, 0.05) is 63.6 Å². The lowest BCUT2D eigenvalue weighted by Crippen LogP contribution is -2.53. The molecule has 6 heterocycles. The van der Waals surface area contributed by atoms with Gasteiger partial charge < -0.3 is 59.2 Å². The smallest absolute Gasteiger partial charge is 0.410 e. The fraction of sp³-hybridized carbons (Fsp3) is 0.359. The number of aliphatic hydroxyl groups is 1. The van der Waals surface area contributed by atoms with Crippen molar-refractivity contribution in [2.45, 2.75) is 72.4 Å². The van der Waals surface area contributed by atoms with E-state index in [9.17, 15) is 29.1 Å². The van der Waals surface area contributed by atoms with E-state index < -0.39 is 11.2 Å². The average molecular weight is 1180 g/mol. The number of rotatable bonds is 13. The summed E-state index contributed by atoms with van der Waals surface area (Å²) in [5.74, 6) is 2.53. The van der Waals surface area contributed by atoms with Gasteiger partial charge in [-0.3, -0.25) is 13.7 Å². The number of ether oxygens (including phenoxy) is 4. The number of carbonyl (C=O) groups is 2. The van der Waals surface area contributed by atoms with Crippen molar-refractivity contribution >= 4 is 57.7 Å². The molecule has 2 amide bonds. The van der Waals surface area contributed by atoms with Crippen molar-refractivity contribution in [1.29, 1.82) is 0 Å². The number of halogens is 1. The van der Waals surface area contributed by atoms with Crippen LogP contribution in [0.1, 0.15) is 58.2 Å². The molecule has 0 radical (unpaired) electrons. The van der Waals surface area contributed by atoms with E-state index in [2.05, 4.69) is 20.3 Å². The first-order valence-corrected chi connectivity index (χ1v) is 28.3. The normalized spacial score (nSPS) is 14.2. The topological polar surface area (TPSA) is 243 Å². The molecule has 450 valence electrons. The van der Waals surface area contributed by atoms with Gasteiger partial charge in [-0.05, 0) is 94.6 Å². The zero-order valence-electron chi connectivity index (χ0n) is 48.8. The summed E-state index contributed by atoms with van der Waals surface area (Å²) in [6.45, 7) is 18.4. The Morgan fingerprint density at radius 1 is 0.482 bits per heavy atom. The summed E-state index contributed by atoms with van der Waals surface area (Å²) in [7, 11) is 0. The Morgan fingerprint density at radius 3 is 1.20 bits per heavy atom. The first-order valence-electron chi connectivity index (χ1n) is 28.3. The van der Waals surface area contributed by atoms with Crippen LogP contribution >= 0.6 is 12.4 Å². The number of phenols is 1. The number of nitrogens with zero attached hydrogens (tertiary/aromatic N) is 5. The lowest BCUT2D eigenvalue weighted by Gasteiger charge is -2.39. The molecule has 3 aliphatic rings. The molecular weight excluding hydrogens is 1110 g/mol. The number of nitrogens with one attached hydrogen (secondary N) is 4. The number of likely N-dealkylation sites (tertiary alicyclic amines) is 2. The number of benzene rings is 6. The fourth-order valence-electron chi connectivity index (χ4n) is 9.68. The molecule has 21 heteroatoms. The first kappa shape index (κ1) is 62.3. The lowest BCUT2D eigenvalue weighted by atomic mass is 10.0. The highest BCUT2D eigenvalue weighted by Crippen LogP contribution is 2.28. The van der Waals surface area contributed by atoms with Crippen molar-refractivity contribution in [2.24, 2.45) is 17.8 Å². The maximum Gasteiger partial charge on any atom is 0.410 e. The van der Waals surface area contributed by atoms with Gasteiger partial charge >= 0.3 is 29.3 Å². The zero-order valence-corrected chi connectivity index (χ0v) is 49.6. The minimum absolute atomic E-state index is 0. The molecule has 0 saturated carbocycles. The number of amides is 2. The van der Waals surface area contributed by atoms with Crippen LogP contribution < -0.4 is 31.9 Å². The van der Waals surface area contributed by atoms with Crippen LogP contribution in [0.25, 0.3) is 33.1 Å². The van der Waals surface area contributed by atoms with Crippen molar-refractivity contribution in [3.8, 4) is 17.2 Å². The second-order valence-corrected chi connectivity index (χ2v) is 23.3. The standard InChI is InChI=1S/C23H27N3O4.C18H19N3O2.C14H12N2O2.C9H17NO3.ClH/c1-23(2,3)30-22(28)25-12-17(13-25)15-29-19-11-7-10-18-20(19)24-21(27)26(18)14-16-8-5-4-6-9-16;22-18-20-17-15(21(18)11-13-5-2-1-3-6-13)7-4-8-16(17)23-12-14-9-19-10-14;17-12-8-4-7-11-13(12)15-14(18)16(11)9-10-5-2-1-3-6-10;1-9(2,3)13-8(12)10-4-7(5-10)6-11;/h4-11,17H,12-15H2,1-3H3,(H,24,27);1-8,14,19H,9-12H2,(H,20,22);1-8,17H,9H2,(H,15,18);7,11H,4-6H2,1-3H3;1H. The number of aliphatic hydroxyl groups excluding tert-OH is 1. The van der Waals surface area contributed by atoms with E-state index in [1.807, 2.05) is 175 Å². The summed E-state index contributed by atoms with van der Waals surface area (Å²) in [6, 6.07) is 46.2. The van der Waals surface area contributed by atoms with Crippen LogP contribution in [0.3, 0.4) is 0 Å². The summed E-state index contributed by atoms with van der Waals surface area (Å²) in [5.41, 5.74) is 6.16. The number of phenolic OH excluding ortho intramolecular Hbond substituents is 1. The lowest BCUT2D eigenvalue weighted by molar-refractivity contribution is -0.0101. The molecule has 0 aliphatic carbocycles. The number of H-pyrrole nitrogens is 3. The van der Waals surface area contributed by atoms with Gasteiger partial charge in [0.15, 0.2) is 0 Å². The first-order chi connectivity index (χ1) is 40.3. The van der Waals surface area contributed by atoms with Crippen molar-refractivity contribution in [3.63, 3.8) is 0 Å². The third-order valence-electron chi connectivity index (χ3n) is 14.2. The summed E-state index contributed by atoms with van der Waals surface area (Å²) in [5, 5.41) is 21.7. The van der Waals surface area contributed by atoms with Crippen molar-refractivity contribution in [3.05, 3.63) is 194 Å². The summed E-state index contributed by atoms with van der Waals surface area (Å²) >= 11 is 0. The van der Waals surface area contributed by atoms with Gasteiger partial charge in [0.2, 0.25) is 0 Å². The predicted molar refractivity (Wildman–Crippen MR) is 330 cm³/mol. The minimum Gasteiger partial charge on any atom is -0.506 e. The third kappa shape index (κ3) is 16.3. The quantitative estimate of drug-likeness (QED) is 0.0634. The van der Waals surface area contributed by atoms with E-state index in [-0.39, 0.29) is 65.9 Å². The monoisotopic (exact) mass is 1180 g/mol. The van der Waals surface area contributed by atoms with E-state index in [1.165, 1.54) is 0 Å². The van der Waals surface area contributed by atoms with E-state index in [4.69, 9.17) is 24.1 Å². The molecule has 0 spiro atoms. The number of hydrogen-bond acceptors (Lipinski definition) is 12. The minimum atomic E-state index is -0.493. The molecule has 3 aliphatic heterocycles. The maximum atomic E-state index is 12.5. The van der Waals surface area contributed by atoms with Crippen LogP contribution in [-0.4, -0.2) is 131 Å². The van der Waals surface area contributed by atoms with Gasteiger partial charge in [-0.2, -0.15) is 0 Å². The number of imidazole rings is 3. The van der Waals surface area contributed by atoms with E-state index in [0.717, 1.165) is 52.1 Å².